The number of aromatic nitrogens is 1. The van der Waals surface area contributed by atoms with Crippen molar-refractivity contribution in [1.82, 2.24) is 9.88 Å². The van der Waals surface area contributed by atoms with Crippen LogP contribution in [-0.2, 0) is 6.54 Å². The van der Waals surface area contributed by atoms with Crippen LogP contribution in [0.1, 0.15) is 18.9 Å². The van der Waals surface area contributed by atoms with Gasteiger partial charge in [-0.25, -0.2) is 4.39 Å². The summed E-state index contributed by atoms with van der Waals surface area (Å²) in [6.07, 6.45) is 3.91. The first-order chi connectivity index (χ1) is 7.72. The lowest BCUT2D eigenvalue weighted by Crippen LogP contribution is -2.34. The van der Waals surface area contributed by atoms with E-state index in [4.69, 9.17) is 0 Å². The molecule has 0 spiro atoms. The molecular weight excluding hydrogens is 207 g/mol. The molecule has 0 aliphatic carbocycles. The Labute approximate surface area is 94.9 Å². The summed E-state index contributed by atoms with van der Waals surface area (Å²) in [6.45, 7) is 3.76. The second kappa shape index (κ2) is 4.89. The van der Waals surface area contributed by atoms with Crippen LogP contribution in [0.15, 0.2) is 18.5 Å². The van der Waals surface area contributed by atoms with Crippen LogP contribution in [0.25, 0.3) is 0 Å². The molecule has 0 aromatic carbocycles. The van der Waals surface area contributed by atoms with Crippen molar-refractivity contribution in [1.29, 1.82) is 0 Å². The Balaban J connectivity index is 2.08. The molecule has 1 aromatic rings. The fourth-order valence-electron chi connectivity index (χ4n) is 2.33. The summed E-state index contributed by atoms with van der Waals surface area (Å²) in [6, 6.07) is 1.86. The van der Waals surface area contributed by atoms with Crippen LogP contribution < -0.4 is 0 Å². The third-order valence-corrected chi connectivity index (χ3v) is 3.41. The van der Waals surface area contributed by atoms with Crippen molar-refractivity contribution in [2.75, 3.05) is 13.2 Å². The average molecular weight is 224 g/mol. The third kappa shape index (κ3) is 2.23. The van der Waals surface area contributed by atoms with E-state index in [0.717, 1.165) is 13.0 Å². The van der Waals surface area contributed by atoms with Gasteiger partial charge in [-0.05, 0) is 24.9 Å². The largest absolute Gasteiger partial charge is 0.395 e. The summed E-state index contributed by atoms with van der Waals surface area (Å²) in [7, 11) is 0. The molecule has 1 aliphatic heterocycles. The normalized spacial score (nSPS) is 26.2. The van der Waals surface area contributed by atoms with Gasteiger partial charge in [0.25, 0.3) is 0 Å². The molecule has 16 heavy (non-hydrogen) atoms. The number of aliphatic hydroxyl groups excluding tert-OH is 1. The molecule has 1 fully saturated rings. The summed E-state index contributed by atoms with van der Waals surface area (Å²) < 4.78 is 13.4. The first-order valence-corrected chi connectivity index (χ1v) is 5.65. The molecule has 88 valence electrons. The SMILES string of the molecule is C[C@@H]1CCN(Cc2ccncc2F)[C@H]1CO. The van der Waals surface area contributed by atoms with Gasteiger partial charge in [-0.15, -0.1) is 0 Å². The zero-order valence-corrected chi connectivity index (χ0v) is 9.43. The first-order valence-electron chi connectivity index (χ1n) is 5.65. The van der Waals surface area contributed by atoms with E-state index in [-0.39, 0.29) is 18.5 Å². The predicted octanol–water partition coefficient (Wildman–Crippen LogP) is 1.42. The Bertz CT molecular complexity index is 359. The van der Waals surface area contributed by atoms with E-state index in [1.165, 1.54) is 6.20 Å². The van der Waals surface area contributed by atoms with Gasteiger partial charge >= 0.3 is 0 Å². The minimum Gasteiger partial charge on any atom is -0.395 e. The molecule has 1 aliphatic rings. The molecule has 1 N–H and O–H groups in total. The second-order valence-corrected chi connectivity index (χ2v) is 4.45. The Kier molecular flexibility index (Phi) is 3.51. The van der Waals surface area contributed by atoms with Crippen molar-refractivity contribution in [3.05, 3.63) is 29.8 Å². The first kappa shape index (κ1) is 11.5. The number of hydrogen-bond acceptors (Lipinski definition) is 3. The summed E-state index contributed by atoms with van der Waals surface area (Å²) in [5.74, 6) is 0.216. The van der Waals surface area contributed by atoms with Crippen LogP contribution in [-0.4, -0.2) is 34.2 Å². The number of rotatable bonds is 3. The Morgan fingerprint density at radius 3 is 3.12 bits per heavy atom. The zero-order valence-electron chi connectivity index (χ0n) is 9.43. The van der Waals surface area contributed by atoms with Crippen LogP contribution in [0, 0.1) is 11.7 Å². The van der Waals surface area contributed by atoms with Crippen LogP contribution in [0.2, 0.25) is 0 Å². The molecule has 0 amide bonds. The molecular formula is C12H17FN2O. The van der Waals surface area contributed by atoms with Crippen LogP contribution in [0.3, 0.4) is 0 Å². The number of hydrogen-bond donors (Lipinski definition) is 1. The predicted molar refractivity (Wildman–Crippen MR) is 59.3 cm³/mol. The molecule has 0 radical (unpaired) electrons. The monoisotopic (exact) mass is 224 g/mol. The lowest BCUT2D eigenvalue weighted by molar-refractivity contribution is 0.133. The molecule has 1 aromatic heterocycles. The van der Waals surface area contributed by atoms with E-state index in [0.29, 0.717) is 18.0 Å². The molecule has 2 rings (SSSR count). The Morgan fingerprint density at radius 1 is 1.62 bits per heavy atom. The lowest BCUT2D eigenvalue weighted by Gasteiger charge is -2.25. The molecule has 0 unspecified atom stereocenters. The van der Waals surface area contributed by atoms with Crippen molar-refractivity contribution in [3.8, 4) is 0 Å². The zero-order chi connectivity index (χ0) is 11.5. The standard InChI is InChI=1S/C12H17FN2O/c1-9-3-5-15(12(9)8-16)7-10-2-4-14-6-11(10)13/h2,4,6,9,12,16H,3,5,7-8H2,1H3/t9-,12+/m1/s1. The maximum absolute atomic E-state index is 13.4. The van der Waals surface area contributed by atoms with E-state index in [1.807, 2.05) is 0 Å². The van der Waals surface area contributed by atoms with Crippen molar-refractivity contribution in [3.63, 3.8) is 0 Å². The minimum atomic E-state index is -0.265. The molecule has 0 bridgehead atoms. The van der Waals surface area contributed by atoms with E-state index in [1.54, 1.807) is 12.3 Å². The molecule has 1 saturated heterocycles. The van der Waals surface area contributed by atoms with Gasteiger partial charge in [-0.2, -0.15) is 0 Å². The molecule has 2 heterocycles. The highest BCUT2D eigenvalue weighted by Gasteiger charge is 2.30. The number of nitrogens with zero attached hydrogens (tertiary/aromatic N) is 2. The summed E-state index contributed by atoms with van der Waals surface area (Å²) in [4.78, 5) is 5.87. The topological polar surface area (TPSA) is 36.4 Å². The molecule has 0 saturated carbocycles. The lowest BCUT2D eigenvalue weighted by atomic mass is 10.0. The van der Waals surface area contributed by atoms with Crippen molar-refractivity contribution in [2.24, 2.45) is 5.92 Å². The summed E-state index contributed by atoms with van der Waals surface area (Å²) in [5.41, 5.74) is 0.655. The van der Waals surface area contributed by atoms with Gasteiger partial charge < -0.3 is 5.11 Å². The Morgan fingerprint density at radius 2 is 2.44 bits per heavy atom. The average Bonchev–Trinajstić information content (AvgIpc) is 2.63. The van der Waals surface area contributed by atoms with Crippen LogP contribution in [0.5, 0.6) is 0 Å². The summed E-state index contributed by atoms with van der Waals surface area (Å²) in [5, 5.41) is 9.31. The van der Waals surface area contributed by atoms with Gasteiger partial charge in [0, 0.05) is 24.3 Å². The second-order valence-electron chi connectivity index (χ2n) is 4.45. The maximum atomic E-state index is 13.4. The van der Waals surface area contributed by atoms with Gasteiger partial charge in [-0.1, -0.05) is 6.92 Å². The number of pyridine rings is 1. The molecule has 2 atom stereocenters. The van der Waals surface area contributed by atoms with E-state index >= 15 is 0 Å². The fourth-order valence-corrected chi connectivity index (χ4v) is 2.33. The highest BCUT2D eigenvalue weighted by atomic mass is 19.1. The molecule has 4 heteroatoms. The minimum absolute atomic E-state index is 0.147. The Hall–Kier alpha value is -1.00. The van der Waals surface area contributed by atoms with Crippen LogP contribution >= 0.6 is 0 Å². The maximum Gasteiger partial charge on any atom is 0.145 e. The van der Waals surface area contributed by atoms with Gasteiger partial charge in [0.15, 0.2) is 0 Å². The number of likely N-dealkylation sites (tertiary alicyclic amines) is 1. The molecule has 3 nitrogen and oxygen atoms in total. The van der Waals surface area contributed by atoms with Gasteiger partial charge in [-0.3, -0.25) is 9.88 Å². The highest BCUT2D eigenvalue weighted by Crippen LogP contribution is 2.25. The van der Waals surface area contributed by atoms with Crippen molar-refractivity contribution >= 4 is 0 Å². The fraction of sp³-hybridized carbons (Fsp3) is 0.583. The van der Waals surface area contributed by atoms with E-state index in [9.17, 15) is 9.50 Å². The quantitative estimate of drug-likeness (QED) is 0.843. The van der Waals surface area contributed by atoms with Gasteiger partial charge in [0.1, 0.15) is 5.82 Å². The summed E-state index contributed by atoms with van der Waals surface area (Å²) >= 11 is 0. The third-order valence-electron chi connectivity index (χ3n) is 3.41. The van der Waals surface area contributed by atoms with E-state index < -0.39 is 0 Å². The number of aliphatic hydroxyl groups is 1. The van der Waals surface area contributed by atoms with E-state index in [2.05, 4.69) is 16.8 Å². The number of halogens is 1. The van der Waals surface area contributed by atoms with Gasteiger partial charge in [0.05, 0.1) is 12.8 Å². The smallest absolute Gasteiger partial charge is 0.145 e. The van der Waals surface area contributed by atoms with Crippen LogP contribution in [0.4, 0.5) is 4.39 Å². The van der Waals surface area contributed by atoms with Gasteiger partial charge in [0.2, 0.25) is 0 Å². The van der Waals surface area contributed by atoms with Crippen molar-refractivity contribution < 1.29 is 9.50 Å². The highest BCUT2D eigenvalue weighted by molar-refractivity contribution is 5.12. The van der Waals surface area contributed by atoms with Crippen molar-refractivity contribution in [2.45, 2.75) is 25.9 Å².